The van der Waals surface area contributed by atoms with Crippen molar-refractivity contribution in [2.24, 2.45) is 0 Å². The molecule has 0 spiro atoms. The zero-order valence-electron chi connectivity index (χ0n) is 14.0. The molecule has 0 unspecified atom stereocenters. The number of ketones is 1. The van der Waals surface area contributed by atoms with E-state index in [4.69, 9.17) is 18.9 Å². The maximum Gasteiger partial charge on any atom is 0.347 e. The minimum atomic E-state index is -0.813. The molecular weight excluding hydrogens is 324 g/mol. The van der Waals surface area contributed by atoms with Crippen LogP contribution in [0.1, 0.15) is 22.8 Å². The van der Waals surface area contributed by atoms with Crippen LogP contribution in [0.5, 0.6) is 17.2 Å². The van der Waals surface area contributed by atoms with Crippen molar-refractivity contribution in [1.29, 1.82) is 0 Å². The Morgan fingerprint density at radius 2 is 1.80 bits per heavy atom. The topological polar surface area (TPSA) is 71.1 Å². The lowest BCUT2D eigenvalue weighted by Crippen LogP contribution is -2.28. The lowest BCUT2D eigenvalue weighted by Gasteiger charge is -2.14. The van der Waals surface area contributed by atoms with Crippen molar-refractivity contribution < 1.29 is 28.5 Å². The van der Waals surface area contributed by atoms with Crippen LogP contribution in [0.4, 0.5) is 0 Å². The van der Waals surface area contributed by atoms with E-state index in [2.05, 4.69) is 0 Å². The summed E-state index contributed by atoms with van der Waals surface area (Å²) in [5, 5.41) is 0. The Labute approximate surface area is 145 Å². The molecule has 0 aliphatic carbocycles. The highest BCUT2D eigenvalue weighted by molar-refractivity contribution is 5.98. The molecular formula is C19H18O6. The molecule has 0 saturated carbocycles. The van der Waals surface area contributed by atoms with Crippen LogP contribution in [0.2, 0.25) is 0 Å². The summed E-state index contributed by atoms with van der Waals surface area (Å²) < 4.78 is 21.0. The fraction of sp³-hybridized carbons (Fsp3) is 0.263. The summed E-state index contributed by atoms with van der Waals surface area (Å²) in [5.74, 6) is 0.739. The van der Waals surface area contributed by atoms with E-state index in [-0.39, 0.29) is 19.2 Å². The van der Waals surface area contributed by atoms with Crippen LogP contribution in [0, 0.1) is 6.92 Å². The predicted octanol–water partition coefficient (Wildman–Crippen LogP) is 2.92. The van der Waals surface area contributed by atoms with Crippen molar-refractivity contribution in [1.82, 2.24) is 0 Å². The van der Waals surface area contributed by atoms with Gasteiger partial charge in [-0.05, 0) is 44.2 Å². The molecule has 3 rings (SSSR count). The van der Waals surface area contributed by atoms with Crippen molar-refractivity contribution in [2.45, 2.75) is 20.0 Å². The number of hydrogen-bond acceptors (Lipinski definition) is 6. The fourth-order valence-electron chi connectivity index (χ4n) is 2.28. The normalized spacial score (nSPS) is 13.2. The SMILES string of the molecule is Cc1ccc(O[C@@H](C)C(=O)OCC(=O)c2ccc3c(c2)OCO3)cc1. The number of fused-ring (bicyclic) bond motifs is 1. The first kappa shape index (κ1) is 16.8. The quantitative estimate of drug-likeness (QED) is 0.594. The van der Waals surface area contributed by atoms with Crippen LogP contribution in [-0.2, 0) is 9.53 Å². The highest BCUT2D eigenvalue weighted by Gasteiger charge is 2.20. The van der Waals surface area contributed by atoms with E-state index in [1.54, 1.807) is 37.3 Å². The zero-order valence-corrected chi connectivity index (χ0v) is 14.0. The van der Waals surface area contributed by atoms with Gasteiger partial charge >= 0.3 is 5.97 Å². The number of benzene rings is 2. The third-order valence-corrected chi connectivity index (χ3v) is 3.71. The van der Waals surface area contributed by atoms with Gasteiger partial charge in [-0.3, -0.25) is 4.79 Å². The number of carbonyl (C=O) groups excluding carboxylic acids is 2. The van der Waals surface area contributed by atoms with Crippen molar-refractivity contribution >= 4 is 11.8 Å². The van der Waals surface area contributed by atoms with E-state index >= 15 is 0 Å². The second-order valence-electron chi connectivity index (χ2n) is 5.67. The van der Waals surface area contributed by atoms with Gasteiger partial charge in [-0.15, -0.1) is 0 Å². The molecule has 0 saturated heterocycles. The Bertz CT molecular complexity index is 781. The molecule has 6 nitrogen and oxygen atoms in total. The Hall–Kier alpha value is -3.02. The van der Waals surface area contributed by atoms with Gasteiger partial charge in [0, 0.05) is 5.56 Å². The number of aryl methyl sites for hydroxylation is 1. The van der Waals surface area contributed by atoms with Crippen LogP contribution in [-0.4, -0.2) is 31.3 Å². The van der Waals surface area contributed by atoms with Gasteiger partial charge in [0.1, 0.15) is 5.75 Å². The molecule has 1 aliphatic heterocycles. The largest absolute Gasteiger partial charge is 0.479 e. The van der Waals surface area contributed by atoms with Gasteiger partial charge in [0.2, 0.25) is 6.79 Å². The first-order valence-corrected chi connectivity index (χ1v) is 7.86. The smallest absolute Gasteiger partial charge is 0.347 e. The number of Topliss-reactive ketones (excluding diaryl/α,β-unsaturated/α-hetero) is 1. The Kier molecular flexibility index (Phi) is 4.88. The first-order valence-electron chi connectivity index (χ1n) is 7.86. The van der Waals surface area contributed by atoms with E-state index in [1.807, 2.05) is 19.1 Å². The predicted molar refractivity (Wildman–Crippen MR) is 89.1 cm³/mol. The summed E-state index contributed by atoms with van der Waals surface area (Å²) >= 11 is 0. The third-order valence-electron chi connectivity index (χ3n) is 3.71. The van der Waals surface area contributed by atoms with Gasteiger partial charge < -0.3 is 18.9 Å². The van der Waals surface area contributed by atoms with Crippen LogP contribution < -0.4 is 14.2 Å². The average Bonchev–Trinajstić information content (AvgIpc) is 3.08. The second-order valence-corrected chi connectivity index (χ2v) is 5.67. The summed E-state index contributed by atoms with van der Waals surface area (Å²) in [6.45, 7) is 3.31. The van der Waals surface area contributed by atoms with E-state index in [0.29, 0.717) is 22.8 Å². The van der Waals surface area contributed by atoms with E-state index in [9.17, 15) is 9.59 Å². The summed E-state index contributed by atoms with van der Waals surface area (Å²) in [6.07, 6.45) is -0.813. The molecule has 0 fully saturated rings. The van der Waals surface area contributed by atoms with Crippen molar-refractivity contribution in [3.63, 3.8) is 0 Å². The fourth-order valence-corrected chi connectivity index (χ4v) is 2.28. The second kappa shape index (κ2) is 7.25. The Morgan fingerprint density at radius 3 is 2.56 bits per heavy atom. The van der Waals surface area contributed by atoms with Crippen LogP contribution in [0.25, 0.3) is 0 Å². The molecule has 0 amide bonds. The molecule has 130 valence electrons. The van der Waals surface area contributed by atoms with Gasteiger partial charge in [-0.1, -0.05) is 17.7 Å². The van der Waals surface area contributed by atoms with Crippen molar-refractivity contribution in [3.8, 4) is 17.2 Å². The number of carbonyl (C=O) groups is 2. The van der Waals surface area contributed by atoms with Crippen molar-refractivity contribution in [3.05, 3.63) is 53.6 Å². The monoisotopic (exact) mass is 342 g/mol. The van der Waals surface area contributed by atoms with Gasteiger partial charge in [-0.2, -0.15) is 0 Å². The number of rotatable bonds is 6. The number of ether oxygens (including phenoxy) is 4. The Balaban J connectivity index is 1.52. The van der Waals surface area contributed by atoms with Gasteiger partial charge in [0.25, 0.3) is 0 Å². The summed E-state index contributed by atoms with van der Waals surface area (Å²) in [4.78, 5) is 24.1. The van der Waals surface area contributed by atoms with Crippen LogP contribution in [0.15, 0.2) is 42.5 Å². The third kappa shape index (κ3) is 4.09. The first-order chi connectivity index (χ1) is 12.0. The highest BCUT2D eigenvalue weighted by atomic mass is 16.7. The van der Waals surface area contributed by atoms with E-state index in [1.165, 1.54) is 0 Å². The lowest BCUT2D eigenvalue weighted by atomic mass is 10.1. The molecule has 0 aromatic heterocycles. The van der Waals surface area contributed by atoms with E-state index in [0.717, 1.165) is 5.56 Å². The molecule has 6 heteroatoms. The molecule has 1 aliphatic rings. The van der Waals surface area contributed by atoms with E-state index < -0.39 is 12.1 Å². The standard InChI is InChI=1S/C19H18O6/c1-12-3-6-15(7-4-12)25-13(2)19(21)22-10-16(20)14-5-8-17-18(9-14)24-11-23-17/h3-9,13H,10-11H2,1-2H3/t13-/m0/s1. The van der Waals surface area contributed by atoms with Gasteiger partial charge in [0.05, 0.1) is 0 Å². The summed E-state index contributed by atoms with van der Waals surface area (Å²) in [6, 6.07) is 12.2. The van der Waals surface area contributed by atoms with Crippen LogP contribution >= 0.6 is 0 Å². The number of esters is 1. The average molecular weight is 342 g/mol. The van der Waals surface area contributed by atoms with Crippen LogP contribution in [0.3, 0.4) is 0 Å². The molecule has 25 heavy (non-hydrogen) atoms. The minimum absolute atomic E-state index is 0.135. The Morgan fingerprint density at radius 1 is 1.08 bits per heavy atom. The summed E-state index contributed by atoms with van der Waals surface area (Å²) in [7, 11) is 0. The maximum atomic E-state index is 12.2. The molecule has 1 heterocycles. The minimum Gasteiger partial charge on any atom is -0.479 e. The zero-order chi connectivity index (χ0) is 17.8. The molecule has 2 aromatic rings. The number of hydrogen-bond donors (Lipinski definition) is 0. The molecule has 0 radical (unpaired) electrons. The van der Waals surface area contributed by atoms with Gasteiger partial charge in [-0.25, -0.2) is 4.79 Å². The molecule has 0 bridgehead atoms. The molecule has 0 N–H and O–H groups in total. The lowest BCUT2D eigenvalue weighted by molar-refractivity contribution is -0.149. The maximum absolute atomic E-state index is 12.2. The summed E-state index contributed by atoms with van der Waals surface area (Å²) in [5.41, 5.74) is 1.49. The molecule has 1 atom stereocenters. The van der Waals surface area contributed by atoms with Crippen molar-refractivity contribution in [2.75, 3.05) is 13.4 Å². The highest BCUT2D eigenvalue weighted by Crippen LogP contribution is 2.32. The molecule has 2 aromatic carbocycles. The van der Waals surface area contributed by atoms with Gasteiger partial charge in [0.15, 0.2) is 30.0 Å².